The van der Waals surface area contributed by atoms with E-state index in [9.17, 15) is 4.79 Å². The van der Waals surface area contributed by atoms with Crippen LogP contribution in [0.4, 0.5) is 5.82 Å². The molecule has 1 aliphatic heterocycles. The number of H-pyrrole nitrogens is 1. The van der Waals surface area contributed by atoms with Gasteiger partial charge in [-0.1, -0.05) is 13.8 Å². The zero-order valence-corrected chi connectivity index (χ0v) is 11.3. The highest BCUT2D eigenvalue weighted by molar-refractivity contribution is 5.38. The smallest absolute Gasteiger partial charge is 0.252 e. The summed E-state index contributed by atoms with van der Waals surface area (Å²) >= 11 is 0. The number of nitrogens with zero attached hydrogens (tertiary/aromatic N) is 3. The van der Waals surface area contributed by atoms with E-state index < -0.39 is 0 Å². The van der Waals surface area contributed by atoms with Gasteiger partial charge in [-0.3, -0.25) is 9.69 Å². The molecule has 2 rings (SSSR count). The van der Waals surface area contributed by atoms with E-state index in [1.54, 1.807) is 6.07 Å². The Kier molecular flexibility index (Phi) is 4.36. The maximum atomic E-state index is 11.5. The Balaban J connectivity index is 2.05. The van der Waals surface area contributed by atoms with Crippen LogP contribution in [0, 0.1) is 0 Å². The fourth-order valence-corrected chi connectivity index (χ4v) is 2.34. The number of nitrogens with one attached hydrogen (secondary N) is 1. The van der Waals surface area contributed by atoms with Crippen LogP contribution in [-0.2, 0) is 6.42 Å². The number of aromatic amines is 1. The molecule has 0 spiro atoms. The van der Waals surface area contributed by atoms with Crippen LogP contribution < -0.4 is 10.5 Å². The maximum Gasteiger partial charge on any atom is 0.252 e. The molecule has 0 saturated carbocycles. The Morgan fingerprint density at radius 3 is 2.61 bits per heavy atom. The fourth-order valence-electron chi connectivity index (χ4n) is 2.34. The zero-order valence-electron chi connectivity index (χ0n) is 11.3. The SMILES string of the molecule is CCCN1CCN(c2cc(=O)[nH]c(CC)n2)CC1. The van der Waals surface area contributed by atoms with Gasteiger partial charge in [0.15, 0.2) is 0 Å². The van der Waals surface area contributed by atoms with Crippen LogP contribution in [-0.4, -0.2) is 47.6 Å². The van der Waals surface area contributed by atoms with Crippen molar-refractivity contribution in [2.45, 2.75) is 26.7 Å². The van der Waals surface area contributed by atoms with E-state index >= 15 is 0 Å². The van der Waals surface area contributed by atoms with E-state index in [4.69, 9.17) is 0 Å². The predicted octanol–water partition coefficient (Wildman–Crippen LogP) is 0.864. The van der Waals surface area contributed by atoms with Crippen molar-refractivity contribution in [3.8, 4) is 0 Å². The lowest BCUT2D eigenvalue weighted by Crippen LogP contribution is -2.47. The van der Waals surface area contributed by atoms with Gasteiger partial charge in [0.05, 0.1) is 0 Å². The summed E-state index contributed by atoms with van der Waals surface area (Å²) in [7, 11) is 0. The van der Waals surface area contributed by atoms with Crippen molar-refractivity contribution < 1.29 is 0 Å². The van der Waals surface area contributed by atoms with Crippen molar-refractivity contribution in [2.24, 2.45) is 0 Å². The van der Waals surface area contributed by atoms with Gasteiger partial charge in [-0.25, -0.2) is 4.98 Å². The summed E-state index contributed by atoms with van der Waals surface area (Å²) in [6, 6.07) is 1.61. The molecule has 100 valence electrons. The van der Waals surface area contributed by atoms with Crippen LogP contribution in [0.2, 0.25) is 0 Å². The van der Waals surface area contributed by atoms with Crippen molar-refractivity contribution in [3.05, 3.63) is 22.2 Å². The van der Waals surface area contributed by atoms with Crippen LogP contribution >= 0.6 is 0 Å². The first-order valence-electron chi connectivity index (χ1n) is 6.80. The molecule has 1 aliphatic rings. The van der Waals surface area contributed by atoms with Crippen LogP contribution in [0.25, 0.3) is 0 Å². The van der Waals surface area contributed by atoms with Gasteiger partial charge in [0.25, 0.3) is 5.56 Å². The van der Waals surface area contributed by atoms with Crippen molar-refractivity contribution in [3.63, 3.8) is 0 Å². The Hall–Kier alpha value is -1.36. The van der Waals surface area contributed by atoms with Crippen LogP contribution in [0.15, 0.2) is 10.9 Å². The first-order chi connectivity index (χ1) is 8.72. The Morgan fingerprint density at radius 1 is 1.28 bits per heavy atom. The summed E-state index contributed by atoms with van der Waals surface area (Å²) in [4.78, 5) is 23.5. The molecule has 0 radical (unpaired) electrons. The molecule has 2 heterocycles. The number of rotatable bonds is 4. The molecular weight excluding hydrogens is 228 g/mol. The van der Waals surface area contributed by atoms with Crippen molar-refractivity contribution in [2.75, 3.05) is 37.6 Å². The summed E-state index contributed by atoms with van der Waals surface area (Å²) in [5.41, 5.74) is -0.0483. The lowest BCUT2D eigenvalue weighted by atomic mass is 10.3. The number of hydrogen-bond donors (Lipinski definition) is 1. The van der Waals surface area contributed by atoms with E-state index in [0.29, 0.717) is 0 Å². The molecule has 18 heavy (non-hydrogen) atoms. The minimum atomic E-state index is -0.0483. The van der Waals surface area contributed by atoms with Gasteiger partial charge in [0, 0.05) is 38.7 Å². The van der Waals surface area contributed by atoms with Gasteiger partial charge < -0.3 is 9.88 Å². The molecule has 0 aliphatic carbocycles. The lowest BCUT2D eigenvalue weighted by molar-refractivity contribution is 0.258. The van der Waals surface area contributed by atoms with Crippen LogP contribution in [0.3, 0.4) is 0 Å². The number of aromatic nitrogens is 2. The van der Waals surface area contributed by atoms with E-state index in [1.165, 1.54) is 6.42 Å². The second kappa shape index (κ2) is 6.00. The molecule has 1 aromatic heterocycles. The highest BCUT2D eigenvalue weighted by Gasteiger charge is 2.17. The van der Waals surface area contributed by atoms with Gasteiger partial charge in [-0.2, -0.15) is 0 Å². The summed E-state index contributed by atoms with van der Waals surface area (Å²) in [6.07, 6.45) is 1.96. The van der Waals surface area contributed by atoms with E-state index in [0.717, 1.165) is 50.8 Å². The molecule has 1 fully saturated rings. The monoisotopic (exact) mass is 250 g/mol. The number of piperazine rings is 1. The van der Waals surface area contributed by atoms with E-state index in [-0.39, 0.29) is 5.56 Å². The lowest BCUT2D eigenvalue weighted by Gasteiger charge is -2.35. The zero-order chi connectivity index (χ0) is 13.0. The summed E-state index contributed by atoms with van der Waals surface area (Å²) in [5.74, 6) is 1.60. The van der Waals surface area contributed by atoms with Crippen molar-refractivity contribution in [1.29, 1.82) is 0 Å². The Labute approximate surface area is 108 Å². The molecule has 0 unspecified atom stereocenters. The fraction of sp³-hybridized carbons (Fsp3) is 0.692. The van der Waals surface area contributed by atoms with Crippen molar-refractivity contribution in [1.82, 2.24) is 14.9 Å². The molecule has 0 atom stereocenters. The minimum Gasteiger partial charge on any atom is -0.354 e. The number of hydrogen-bond acceptors (Lipinski definition) is 4. The van der Waals surface area contributed by atoms with Crippen LogP contribution in [0.1, 0.15) is 26.1 Å². The Bertz CT molecular complexity index is 435. The third kappa shape index (κ3) is 3.10. The highest BCUT2D eigenvalue weighted by Crippen LogP contribution is 2.12. The third-order valence-electron chi connectivity index (χ3n) is 3.35. The second-order valence-electron chi connectivity index (χ2n) is 4.73. The molecular formula is C13H22N4O. The van der Waals surface area contributed by atoms with E-state index in [2.05, 4.69) is 26.7 Å². The first kappa shape index (κ1) is 13.1. The van der Waals surface area contributed by atoms with Crippen LogP contribution in [0.5, 0.6) is 0 Å². The third-order valence-corrected chi connectivity index (χ3v) is 3.35. The molecule has 0 amide bonds. The first-order valence-corrected chi connectivity index (χ1v) is 6.80. The summed E-state index contributed by atoms with van der Waals surface area (Å²) in [5, 5.41) is 0. The molecule has 0 aromatic carbocycles. The van der Waals surface area contributed by atoms with Gasteiger partial charge >= 0.3 is 0 Å². The molecule has 1 saturated heterocycles. The average Bonchev–Trinajstić information content (AvgIpc) is 2.39. The quantitative estimate of drug-likeness (QED) is 0.861. The van der Waals surface area contributed by atoms with Crippen molar-refractivity contribution >= 4 is 5.82 Å². The largest absolute Gasteiger partial charge is 0.354 e. The maximum absolute atomic E-state index is 11.5. The molecule has 0 bridgehead atoms. The summed E-state index contributed by atoms with van der Waals surface area (Å²) < 4.78 is 0. The van der Waals surface area contributed by atoms with Gasteiger partial charge in [-0.05, 0) is 13.0 Å². The number of anilines is 1. The standard InChI is InChI=1S/C13H22N4O/c1-3-5-16-6-8-17(9-7-16)12-10-13(18)15-11(4-2)14-12/h10H,3-9H2,1-2H3,(H,14,15,18). The minimum absolute atomic E-state index is 0.0483. The highest BCUT2D eigenvalue weighted by atomic mass is 16.1. The molecule has 1 N–H and O–H groups in total. The molecule has 1 aromatic rings. The Morgan fingerprint density at radius 2 is 2.00 bits per heavy atom. The van der Waals surface area contributed by atoms with Gasteiger partial charge in [0.1, 0.15) is 11.6 Å². The normalized spacial score (nSPS) is 17.1. The predicted molar refractivity (Wildman–Crippen MR) is 73.2 cm³/mol. The number of aryl methyl sites for hydroxylation is 1. The van der Waals surface area contributed by atoms with Gasteiger partial charge in [0.2, 0.25) is 0 Å². The summed E-state index contributed by atoms with van der Waals surface area (Å²) in [6.45, 7) is 9.41. The van der Waals surface area contributed by atoms with Gasteiger partial charge in [-0.15, -0.1) is 0 Å². The molecule has 5 nitrogen and oxygen atoms in total. The average molecular weight is 250 g/mol. The molecule has 5 heteroatoms. The second-order valence-corrected chi connectivity index (χ2v) is 4.73. The topological polar surface area (TPSA) is 52.2 Å². The van der Waals surface area contributed by atoms with E-state index in [1.807, 2.05) is 6.92 Å².